The van der Waals surface area contributed by atoms with E-state index in [0.717, 1.165) is 16.3 Å². The highest BCUT2D eigenvalue weighted by Crippen LogP contribution is 2.16. The first-order chi connectivity index (χ1) is 11.6. The maximum atomic E-state index is 12.2. The molecule has 0 saturated carbocycles. The van der Waals surface area contributed by atoms with E-state index in [1.165, 1.54) is 7.11 Å². The van der Waals surface area contributed by atoms with Crippen LogP contribution in [0.4, 0.5) is 0 Å². The number of carbonyl (C=O) groups is 2. The second-order valence-electron chi connectivity index (χ2n) is 5.55. The number of methoxy groups -OCH3 is 1. The summed E-state index contributed by atoms with van der Waals surface area (Å²) in [7, 11) is 1.29. The first kappa shape index (κ1) is 17.5. The Morgan fingerprint density at radius 1 is 1.21 bits per heavy atom. The van der Waals surface area contributed by atoms with Gasteiger partial charge >= 0.3 is 5.97 Å². The van der Waals surface area contributed by atoms with Crippen molar-refractivity contribution in [3.63, 3.8) is 0 Å². The fraction of sp³-hybridized carbons (Fsp3) is 0.316. The molecule has 2 aromatic rings. The fourth-order valence-electron chi connectivity index (χ4n) is 2.56. The molecule has 2 aromatic carbocycles. The van der Waals surface area contributed by atoms with Crippen LogP contribution in [0.25, 0.3) is 10.8 Å². The Morgan fingerprint density at radius 2 is 1.96 bits per heavy atom. The molecule has 0 saturated heterocycles. The third-order valence-electron chi connectivity index (χ3n) is 3.78. The summed E-state index contributed by atoms with van der Waals surface area (Å²) >= 11 is 0. The second kappa shape index (κ2) is 8.68. The number of hydrogen-bond acceptors (Lipinski definition) is 4. The van der Waals surface area contributed by atoms with Crippen molar-refractivity contribution >= 4 is 22.6 Å². The van der Waals surface area contributed by atoms with Crippen LogP contribution in [0.2, 0.25) is 0 Å². The molecule has 2 rings (SSSR count). The number of nitrogens with one attached hydrogen (secondary N) is 1. The molecular weight excluding hydrogens is 304 g/mol. The highest BCUT2D eigenvalue weighted by molar-refractivity contribution is 5.87. The Labute approximate surface area is 141 Å². The van der Waals surface area contributed by atoms with Gasteiger partial charge in [0.1, 0.15) is 6.04 Å². The lowest BCUT2D eigenvalue weighted by molar-refractivity contribution is -0.145. The summed E-state index contributed by atoms with van der Waals surface area (Å²) in [4.78, 5) is 24.0. The quantitative estimate of drug-likeness (QED) is 0.627. The number of nitriles is 1. The predicted octanol–water partition coefficient (Wildman–Crippen LogP) is 2.73. The Bertz CT molecular complexity index is 765. The van der Waals surface area contributed by atoms with Crippen molar-refractivity contribution < 1.29 is 14.3 Å². The number of rotatable bonds is 7. The molecule has 0 bridgehead atoms. The third-order valence-corrected chi connectivity index (χ3v) is 3.78. The molecular formula is C19H20N2O3. The van der Waals surface area contributed by atoms with Gasteiger partial charge < -0.3 is 10.1 Å². The lowest BCUT2D eigenvalue weighted by Gasteiger charge is -2.16. The number of esters is 1. The Morgan fingerprint density at radius 3 is 2.67 bits per heavy atom. The Kier molecular flexibility index (Phi) is 6.32. The van der Waals surface area contributed by atoms with Crippen molar-refractivity contribution in [2.45, 2.75) is 31.7 Å². The molecule has 0 unspecified atom stereocenters. The number of ether oxygens (including phenoxy) is 1. The van der Waals surface area contributed by atoms with Gasteiger partial charge in [-0.25, -0.2) is 4.79 Å². The SMILES string of the molecule is COC(=O)[C@@H](CCCC#N)NC(=O)Cc1ccc2ccccc2c1. The van der Waals surface area contributed by atoms with Crippen LogP contribution >= 0.6 is 0 Å². The van der Waals surface area contributed by atoms with Crippen molar-refractivity contribution in [1.82, 2.24) is 5.32 Å². The van der Waals surface area contributed by atoms with Gasteiger partial charge in [-0.15, -0.1) is 0 Å². The van der Waals surface area contributed by atoms with Crippen LogP contribution in [0.15, 0.2) is 42.5 Å². The molecule has 0 aliphatic rings. The molecule has 0 spiro atoms. The van der Waals surface area contributed by atoms with E-state index in [-0.39, 0.29) is 12.3 Å². The van der Waals surface area contributed by atoms with Gasteiger partial charge in [-0.05, 0) is 29.2 Å². The lowest BCUT2D eigenvalue weighted by Crippen LogP contribution is -2.42. The normalized spacial score (nSPS) is 11.5. The molecule has 0 radical (unpaired) electrons. The number of benzene rings is 2. The van der Waals surface area contributed by atoms with Gasteiger partial charge in [-0.2, -0.15) is 5.26 Å². The van der Waals surface area contributed by atoms with Crippen LogP contribution in [-0.2, 0) is 20.7 Å². The highest BCUT2D eigenvalue weighted by Gasteiger charge is 2.21. The van der Waals surface area contributed by atoms with Crippen molar-refractivity contribution in [2.75, 3.05) is 7.11 Å². The van der Waals surface area contributed by atoms with Gasteiger partial charge in [0.05, 0.1) is 19.6 Å². The van der Waals surface area contributed by atoms with E-state index in [0.29, 0.717) is 19.3 Å². The smallest absolute Gasteiger partial charge is 0.328 e. The van der Waals surface area contributed by atoms with E-state index >= 15 is 0 Å². The lowest BCUT2D eigenvalue weighted by atomic mass is 10.0. The minimum absolute atomic E-state index is 0.191. The topological polar surface area (TPSA) is 79.2 Å². The fourth-order valence-corrected chi connectivity index (χ4v) is 2.56. The van der Waals surface area contributed by atoms with Crippen molar-refractivity contribution in [3.8, 4) is 6.07 Å². The van der Waals surface area contributed by atoms with Crippen LogP contribution < -0.4 is 5.32 Å². The summed E-state index contributed by atoms with van der Waals surface area (Å²) < 4.78 is 4.72. The zero-order chi connectivity index (χ0) is 17.4. The van der Waals surface area contributed by atoms with E-state index < -0.39 is 12.0 Å². The van der Waals surface area contributed by atoms with Crippen LogP contribution in [0.3, 0.4) is 0 Å². The molecule has 5 nitrogen and oxygen atoms in total. The largest absolute Gasteiger partial charge is 0.467 e. The minimum atomic E-state index is -0.712. The molecule has 5 heteroatoms. The van der Waals surface area contributed by atoms with Gasteiger partial charge in [0, 0.05) is 6.42 Å². The molecule has 1 atom stereocenters. The van der Waals surface area contributed by atoms with Gasteiger partial charge in [0.15, 0.2) is 0 Å². The number of amides is 1. The average Bonchev–Trinajstić information content (AvgIpc) is 2.60. The van der Waals surface area contributed by atoms with E-state index in [9.17, 15) is 9.59 Å². The van der Waals surface area contributed by atoms with E-state index in [2.05, 4.69) is 5.32 Å². The molecule has 0 heterocycles. The number of unbranched alkanes of at least 4 members (excludes halogenated alkanes) is 1. The summed E-state index contributed by atoms with van der Waals surface area (Å²) in [6.45, 7) is 0. The minimum Gasteiger partial charge on any atom is -0.467 e. The highest BCUT2D eigenvalue weighted by atomic mass is 16.5. The molecule has 1 N–H and O–H groups in total. The summed E-state index contributed by atoms with van der Waals surface area (Å²) in [5.74, 6) is -0.725. The van der Waals surface area contributed by atoms with E-state index in [1.54, 1.807) is 0 Å². The summed E-state index contributed by atoms with van der Waals surface area (Å²) in [5.41, 5.74) is 0.881. The first-order valence-corrected chi connectivity index (χ1v) is 7.86. The molecule has 124 valence electrons. The molecule has 24 heavy (non-hydrogen) atoms. The molecule has 0 aliphatic heterocycles. The molecule has 0 aromatic heterocycles. The zero-order valence-electron chi connectivity index (χ0n) is 13.6. The number of nitrogens with zero attached hydrogens (tertiary/aromatic N) is 1. The van der Waals surface area contributed by atoms with Crippen LogP contribution in [-0.4, -0.2) is 25.0 Å². The maximum absolute atomic E-state index is 12.2. The Balaban J connectivity index is 2.00. The van der Waals surface area contributed by atoms with Crippen molar-refractivity contribution in [1.29, 1.82) is 5.26 Å². The van der Waals surface area contributed by atoms with Crippen molar-refractivity contribution in [3.05, 3.63) is 48.0 Å². The summed E-state index contributed by atoms with van der Waals surface area (Å²) in [6.07, 6.45) is 1.46. The van der Waals surface area contributed by atoms with Gasteiger partial charge in [-0.3, -0.25) is 4.79 Å². The van der Waals surface area contributed by atoms with E-state index in [1.807, 2.05) is 48.5 Å². The zero-order valence-corrected chi connectivity index (χ0v) is 13.6. The molecule has 0 aliphatic carbocycles. The second-order valence-corrected chi connectivity index (χ2v) is 5.55. The van der Waals surface area contributed by atoms with Crippen molar-refractivity contribution in [2.24, 2.45) is 0 Å². The van der Waals surface area contributed by atoms with Gasteiger partial charge in [-0.1, -0.05) is 42.5 Å². The molecule has 0 fully saturated rings. The number of fused-ring (bicyclic) bond motifs is 1. The molecule has 1 amide bonds. The monoisotopic (exact) mass is 324 g/mol. The van der Waals surface area contributed by atoms with Crippen LogP contribution in [0, 0.1) is 11.3 Å². The summed E-state index contributed by atoms with van der Waals surface area (Å²) in [5, 5.41) is 13.5. The number of hydrogen-bond donors (Lipinski definition) is 1. The first-order valence-electron chi connectivity index (χ1n) is 7.86. The van der Waals surface area contributed by atoms with E-state index in [4.69, 9.17) is 10.00 Å². The average molecular weight is 324 g/mol. The maximum Gasteiger partial charge on any atom is 0.328 e. The number of carbonyl (C=O) groups excluding carboxylic acids is 2. The van der Waals surface area contributed by atoms with Crippen LogP contribution in [0.1, 0.15) is 24.8 Å². The summed E-state index contributed by atoms with van der Waals surface area (Å²) in [6, 6.07) is 15.1. The van der Waals surface area contributed by atoms with Gasteiger partial charge in [0.25, 0.3) is 0 Å². The standard InChI is InChI=1S/C19H20N2O3/c1-24-19(23)17(8-4-5-11-20)21-18(22)13-14-9-10-15-6-2-3-7-16(15)12-14/h2-3,6-7,9-10,12,17H,4-5,8,13H2,1H3,(H,21,22)/t17-/m1/s1. The third kappa shape index (κ3) is 4.82. The predicted molar refractivity (Wildman–Crippen MR) is 91.1 cm³/mol. The van der Waals surface area contributed by atoms with Gasteiger partial charge in [0.2, 0.25) is 5.91 Å². The van der Waals surface area contributed by atoms with Crippen LogP contribution in [0.5, 0.6) is 0 Å². The Hall–Kier alpha value is -2.87.